The molecule has 1 fully saturated rings. The second kappa shape index (κ2) is 9.57. The lowest BCUT2D eigenvalue weighted by atomic mass is 10.1. The summed E-state index contributed by atoms with van der Waals surface area (Å²) in [5.74, 6) is 0.860. The van der Waals surface area contributed by atoms with Gasteiger partial charge in [0.15, 0.2) is 0 Å². The third-order valence-electron chi connectivity index (χ3n) is 5.00. The number of nitrogens with one attached hydrogen (secondary N) is 1. The molecule has 0 radical (unpaired) electrons. The number of benzene rings is 2. The number of rotatable bonds is 6. The first-order valence-corrected chi connectivity index (χ1v) is 10.1. The van der Waals surface area contributed by atoms with Crippen LogP contribution in [0.5, 0.6) is 11.5 Å². The van der Waals surface area contributed by atoms with Gasteiger partial charge in [-0.15, -0.1) is 0 Å². The van der Waals surface area contributed by atoms with Crippen LogP contribution in [-0.4, -0.2) is 57.8 Å². The third-order valence-corrected chi connectivity index (χ3v) is 5.53. The molecule has 0 spiro atoms. The van der Waals surface area contributed by atoms with E-state index in [-0.39, 0.29) is 5.91 Å². The SMILES string of the molecule is COc1cc(NC(=O)CN2CCN(c3cc(Cl)ccc3C)CC2)c(OC)cc1Cl. The number of hydrogen-bond acceptors (Lipinski definition) is 5. The van der Waals surface area contributed by atoms with Gasteiger partial charge in [-0.3, -0.25) is 9.69 Å². The highest BCUT2D eigenvalue weighted by molar-refractivity contribution is 6.32. The summed E-state index contributed by atoms with van der Waals surface area (Å²) < 4.78 is 10.5. The van der Waals surface area contributed by atoms with Crippen molar-refractivity contribution < 1.29 is 14.3 Å². The van der Waals surface area contributed by atoms with Crippen LogP contribution in [0.1, 0.15) is 5.56 Å². The van der Waals surface area contributed by atoms with Gasteiger partial charge in [0.2, 0.25) is 5.91 Å². The first kappa shape index (κ1) is 21.6. The van der Waals surface area contributed by atoms with Crippen LogP contribution in [-0.2, 0) is 4.79 Å². The summed E-state index contributed by atoms with van der Waals surface area (Å²) in [4.78, 5) is 17.0. The largest absolute Gasteiger partial charge is 0.495 e. The number of aryl methyl sites for hydroxylation is 1. The van der Waals surface area contributed by atoms with Gasteiger partial charge in [-0.05, 0) is 24.6 Å². The number of amides is 1. The maximum absolute atomic E-state index is 12.6. The third kappa shape index (κ3) is 5.26. The predicted molar refractivity (Wildman–Crippen MR) is 118 cm³/mol. The van der Waals surface area contributed by atoms with Gasteiger partial charge in [0, 0.05) is 49.0 Å². The van der Waals surface area contributed by atoms with Crippen LogP contribution >= 0.6 is 23.2 Å². The Hall–Kier alpha value is -2.15. The van der Waals surface area contributed by atoms with Crippen molar-refractivity contribution in [3.8, 4) is 11.5 Å². The molecule has 2 aromatic rings. The van der Waals surface area contributed by atoms with Gasteiger partial charge in [-0.2, -0.15) is 0 Å². The van der Waals surface area contributed by atoms with Crippen molar-refractivity contribution in [2.75, 3.05) is 57.2 Å². The molecular formula is C21H25Cl2N3O3. The molecule has 3 rings (SSSR count). The van der Waals surface area contributed by atoms with Gasteiger partial charge in [0.25, 0.3) is 0 Å². The normalized spacial score (nSPS) is 14.6. The minimum Gasteiger partial charge on any atom is -0.495 e. The Morgan fingerprint density at radius 3 is 2.38 bits per heavy atom. The standard InChI is InChI=1S/C21H25Cl2N3O3/c1-14-4-5-15(22)10-18(14)26-8-6-25(7-9-26)13-21(27)24-17-12-19(28-2)16(23)11-20(17)29-3/h4-5,10-12H,6-9,13H2,1-3H3,(H,24,27). The van der Waals surface area contributed by atoms with E-state index < -0.39 is 0 Å². The Balaban J connectivity index is 1.58. The molecule has 1 N–H and O–H groups in total. The molecule has 0 aliphatic carbocycles. The zero-order valence-corrected chi connectivity index (χ0v) is 18.3. The molecule has 1 heterocycles. The van der Waals surface area contributed by atoms with Gasteiger partial charge in [-0.1, -0.05) is 29.3 Å². The van der Waals surface area contributed by atoms with Gasteiger partial charge < -0.3 is 19.7 Å². The van der Waals surface area contributed by atoms with Crippen LogP contribution in [0.3, 0.4) is 0 Å². The summed E-state index contributed by atoms with van der Waals surface area (Å²) >= 11 is 12.3. The summed E-state index contributed by atoms with van der Waals surface area (Å²) in [6.07, 6.45) is 0. The van der Waals surface area contributed by atoms with Crippen molar-refractivity contribution in [3.63, 3.8) is 0 Å². The zero-order chi connectivity index (χ0) is 21.0. The van der Waals surface area contributed by atoms with Crippen LogP contribution < -0.4 is 19.7 Å². The number of hydrogen-bond donors (Lipinski definition) is 1. The van der Waals surface area contributed by atoms with E-state index in [1.54, 1.807) is 12.1 Å². The molecule has 0 saturated carbocycles. The monoisotopic (exact) mass is 437 g/mol. The lowest BCUT2D eigenvalue weighted by Crippen LogP contribution is -2.48. The van der Waals surface area contributed by atoms with Gasteiger partial charge >= 0.3 is 0 Å². The molecule has 0 unspecified atom stereocenters. The number of ether oxygens (including phenoxy) is 2. The lowest BCUT2D eigenvalue weighted by Gasteiger charge is -2.36. The van der Waals surface area contributed by atoms with Gasteiger partial charge in [0.05, 0.1) is 31.5 Å². The van der Waals surface area contributed by atoms with Crippen molar-refractivity contribution in [1.82, 2.24) is 4.90 Å². The van der Waals surface area contributed by atoms with Crippen LogP contribution in [0.15, 0.2) is 30.3 Å². The molecule has 156 valence electrons. The fourth-order valence-corrected chi connectivity index (χ4v) is 3.82. The Morgan fingerprint density at radius 2 is 1.72 bits per heavy atom. The number of anilines is 2. The summed E-state index contributed by atoms with van der Waals surface area (Å²) in [5.41, 5.74) is 2.89. The molecule has 0 aromatic heterocycles. The smallest absolute Gasteiger partial charge is 0.238 e. The van der Waals surface area contributed by atoms with Gasteiger partial charge in [-0.25, -0.2) is 0 Å². The summed E-state index contributed by atoms with van der Waals surface area (Å²) in [6, 6.07) is 9.23. The van der Waals surface area contributed by atoms with E-state index in [0.717, 1.165) is 36.9 Å². The number of carbonyl (C=O) groups excluding carboxylic acids is 1. The lowest BCUT2D eigenvalue weighted by molar-refractivity contribution is -0.117. The minimum atomic E-state index is -0.111. The van der Waals surface area contributed by atoms with E-state index in [0.29, 0.717) is 28.8 Å². The van der Waals surface area contributed by atoms with Crippen LogP contribution in [0, 0.1) is 6.92 Å². The Bertz CT molecular complexity index is 884. The van der Waals surface area contributed by atoms with E-state index in [2.05, 4.69) is 22.0 Å². The first-order chi connectivity index (χ1) is 13.9. The molecular weight excluding hydrogens is 413 g/mol. The number of halogens is 2. The molecule has 29 heavy (non-hydrogen) atoms. The zero-order valence-electron chi connectivity index (χ0n) is 16.8. The molecule has 1 amide bonds. The fraction of sp³-hybridized carbons (Fsp3) is 0.381. The van der Waals surface area contributed by atoms with E-state index in [9.17, 15) is 4.79 Å². The topological polar surface area (TPSA) is 54.0 Å². The average molecular weight is 438 g/mol. The Morgan fingerprint density at radius 1 is 1.03 bits per heavy atom. The molecule has 1 saturated heterocycles. The van der Waals surface area contributed by atoms with Crippen molar-refractivity contribution >= 4 is 40.5 Å². The number of piperazine rings is 1. The molecule has 2 aromatic carbocycles. The second-order valence-electron chi connectivity index (χ2n) is 6.93. The van der Waals surface area contributed by atoms with E-state index >= 15 is 0 Å². The highest BCUT2D eigenvalue weighted by Gasteiger charge is 2.21. The molecule has 8 heteroatoms. The summed E-state index contributed by atoms with van der Waals surface area (Å²) in [7, 11) is 3.06. The molecule has 0 bridgehead atoms. The van der Waals surface area contributed by atoms with Gasteiger partial charge in [0.1, 0.15) is 11.5 Å². The number of methoxy groups -OCH3 is 2. The van der Waals surface area contributed by atoms with E-state index in [1.807, 2.05) is 18.2 Å². The van der Waals surface area contributed by atoms with Crippen molar-refractivity contribution in [2.24, 2.45) is 0 Å². The molecule has 0 atom stereocenters. The van der Waals surface area contributed by atoms with Crippen molar-refractivity contribution in [3.05, 3.63) is 45.9 Å². The maximum Gasteiger partial charge on any atom is 0.238 e. The Labute approximate surface area is 181 Å². The van der Waals surface area contributed by atoms with Crippen LogP contribution in [0.2, 0.25) is 10.0 Å². The van der Waals surface area contributed by atoms with Crippen molar-refractivity contribution in [1.29, 1.82) is 0 Å². The fourth-order valence-electron chi connectivity index (χ4n) is 3.42. The van der Waals surface area contributed by atoms with Crippen LogP contribution in [0.25, 0.3) is 0 Å². The number of carbonyl (C=O) groups is 1. The minimum absolute atomic E-state index is 0.111. The molecule has 1 aliphatic rings. The van der Waals surface area contributed by atoms with E-state index in [1.165, 1.54) is 19.8 Å². The van der Waals surface area contributed by atoms with Crippen molar-refractivity contribution in [2.45, 2.75) is 6.92 Å². The van der Waals surface area contributed by atoms with Crippen LogP contribution in [0.4, 0.5) is 11.4 Å². The number of nitrogens with zero attached hydrogens (tertiary/aromatic N) is 2. The predicted octanol–water partition coefficient (Wildman–Crippen LogP) is 4.08. The summed E-state index contributed by atoms with van der Waals surface area (Å²) in [5, 5.41) is 4.06. The molecule has 6 nitrogen and oxygen atoms in total. The highest BCUT2D eigenvalue weighted by atomic mass is 35.5. The second-order valence-corrected chi connectivity index (χ2v) is 7.77. The first-order valence-electron chi connectivity index (χ1n) is 9.36. The maximum atomic E-state index is 12.6. The quantitative estimate of drug-likeness (QED) is 0.737. The Kier molecular flexibility index (Phi) is 7.11. The van der Waals surface area contributed by atoms with E-state index in [4.69, 9.17) is 32.7 Å². The average Bonchev–Trinajstić information content (AvgIpc) is 2.71. The highest BCUT2D eigenvalue weighted by Crippen LogP contribution is 2.35. The summed E-state index contributed by atoms with van der Waals surface area (Å²) in [6.45, 7) is 5.65. The molecule has 1 aliphatic heterocycles.